The predicted octanol–water partition coefficient (Wildman–Crippen LogP) is 3.75. The van der Waals surface area contributed by atoms with Gasteiger partial charge in [-0.05, 0) is 75.0 Å². The van der Waals surface area contributed by atoms with Crippen molar-refractivity contribution >= 4 is 29.9 Å². The van der Waals surface area contributed by atoms with Crippen molar-refractivity contribution in [1.29, 1.82) is 0 Å². The lowest BCUT2D eigenvalue weighted by molar-refractivity contribution is -0.0466. The quantitative estimate of drug-likeness (QED) is 0.385. The molecule has 1 aliphatic heterocycles. The summed E-state index contributed by atoms with van der Waals surface area (Å²) in [7, 11) is 2.19. The minimum atomic E-state index is 0. The number of nitrogens with one attached hydrogen (secondary N) is 1. The molecule has 0 aromatic heterocycles. The van der Waals surface area contributed by atoms with Crippen LogP contribution in [-0.2, 0) is 4.74 Å². The standard InChI is InChI=1S/C20H35N3O.HI/c1-3-21-19(23(2)12-15-4-5-24-13-15)22-14-20-9-16-6-17(10-20)8-18(7-16)11-20;/h15-18H,3-14H2,1-2H3,(H,21,22);1H. The van der Waals surface area contributed by atoms with Crippen LogP contribution in [0.5, 0.6) is 0 Å². The van der Waals surface area contributed by atoms with Crippen LogP contribution in [0.25, 0.3) is 0 Å². The van der Waals surface area contributed by atoms with Gasteiger partial charge in [0.25, 0.3) is 0 Å². The van der Waals surface area contributed by atoms with E-state index >= 15 is 0 Å². The predicted molar refractivity (Wildman–Crippen MR) is 114 cm³/mol. The third kappa shape index (κ3) is 4.45. The minimum Gasteiger partial charge on any atom is -0.381 e. The van der Waals surface area contributed by atoms with Gasteiger partial charge in [0.1, 0.15) is 0 Å². The summed E-state index contributed by atoms with van der Waals surface area (Å²) in [6.45, 7) is 7.08. The van der Waals surface area contributed by atoms with Gasteiger partial charge in [-0.3, -0.25) is 4.99 Å². The highest BCUT2D eigenvalue weighted by atomic mass is 127. The molecule has 4 saturated carbocycles. The molecule has 1 saturated heterocycles. The summed E-state index contributed by atoms with van der Waals surface area (Å²) in [5.41, 5.74) is 0.534. The van der Waals surface area contributed by atoms with Gasteiger partial charge >= 0.3 is 0 Å². The van der Waals surface area contributed by atoms with Crippen molar-refractivity contribution in [2.45, 2.75) is 51.9 Å². The van der Waals surface area contributed by atoms with Gasteiger partial charge in [0.15, 0.2) is 5.96 Å². The van der Waals surface area contributed by atoms with Gasteiger partial charge in [0, 0.05) is 39.2 Å². The summed E-state index contributed by atoms with van der Waals surface area (Å²) < 4.78 is 5.54. The first kappa shape index (κ1) is 19.7. The van der Waals surface area contributed by atoms with Crippen molar-refractivity contribution in [2.75, 3.05) is 39.9 Å². The van der Waals surface area contributed by atoms with Gasteiger partial charge in [-0.1, -0.05) is 0 Å². The fourth-order valence-corrected chi connectivity index (χ4v) is 6.40. The Morgan fingerprint density at radius 1 is 1.16 bits per heavy atom. The van der Waals surface area contributed by atoms with Crippen molar-refractivity contribution in [3.05, 3.63) is 0 Å². The van der Waals surface area contributed by atoms with Crippen LogP contribution in [0.1, 0.15) is 51.9 Å². The van der Waals surface area contributed by atoms with Crippen LogP contribution in [0.3, 0.4) is 0 Å². The molecule has 1 heterocycles. The molecule has 0 spiro atoms. The Morgan fingerprint density at radius 2 is 1.80 bits per heavy atom. The van der Waals surface area contributed by atoms with Gasteiger partial charge in [-0.25, -0.2) is 0 Å². The van der Waals surface area contributed by atoms with E-state index in [1.54, 1.807) is 0 Å². The van der Waals surface area contributed by atoms with Crippen molar-refractivity contribution in [1.82, 2.24) is 10.2 Å². The molecule has 0 aromatic carbocycles. The van der Waals surface area contributed by atoms with Crippen LogP contribution >= 0.6 is 24.0 Å². The minimum absolute atomic E-state index is 0. The number of aliphatic imine (C=N–C) groups is 1. The molecule has 1 unspecified atom stereocenters. The average molecular weight is 461 g/mol. The first-order valence-corrected chi connectivity index (χ1v) is 10.2. The number of ether oxygens (including phenoxy) is 1. The number of hydrogen-bond donors (Lipinski definition) is 1. The molecule has 4 aliphatic carbocycles. The molecular formula is C20H36IN3O. The number of hydrogen-bond acceptors (Lipinski definition) is 2. The Bertz CT molecular complexity index is 440. The van der Waals surface area contributed by atoms with Crippen LogP contribution < -0.4 is 5.32 Å². The first-order chi connectivity index (χ1) is 11.7. The number of halogens is 1. The summed E-state index contributed by atoms with van der Waals surface area (Å²) in [5, 5.41) is 3.52. The van der Waals surface area contributed by atoms with Gasteiger partial charge < -0.3 is 15.0 Å². The average Bonchev–Trinajstić information content (AvgIpc) is 3.03. The van der Waals surface area contributed by atoms with E-state index in [-0.39, 0.29) is 24.0 Å². The molecular weight excluding hydrogens is 425 g/mol. The second-order valence-corrected chi connectivity index (χ2v) is 9.20. The van der Waals surface area contributed by atoms with E-state index in [1.165, 1.54) is 44.9 Å². The molecule has 25 heavy (non-hydrogen) atoms. The van der Waals surface area contributed by atoms with Gasteiger partial charge in [-0.2, -0.15) is 0 Å². The summed E-state index contributed by atoms with van der Waals surface area (Å²) in [6, 6.07) is 0. The molecule has 0 aromatic rings. The zero-order chi connectivity index (χ0) is 16.6. The SMILES string of the molecule is CCNC(=NCC12CC3CC(CC(C3)C1)C2)N(C)CC1CCOC1.I. The molecule has 5 rings (SSSR count). The second kappa shape index (κ2) is 8.32. The Morgan fingerprint density at radius 3 is 2.32 bits per heavy atom. The lowest BCUT2D eigenvalue weighted by atomic mass is 9.49. The molecule has 144 valence electrons. The van der Waals surface area contributed by atoms with E-state index in [0.717, 1.165) is 56.6 Å². The van der Waals surface area contributed by atoms with E-state index in [0.29, 0.717) is 11.3 Å². The Kier molecular flexibility index (Phi) is 6.56. The van der Waals surface area contributed by atoms with Crippen LogP contribution in [0.2, 0.25) is 0 Å². The van der Waals surface area contributed by atoms with Crippen LogP contribution in [0.4, 0.5) is 0 Å². The molecule has 5 fully saturated rings. The highest BCUT2D eigenvalue weighted by Gasteiger charge is 2.50. The maximum Gasteiger partial charge on any atom is 0.193 e. The summed E-state index contributed by atoms with van der Waals surface area (Å²) >= 11 is 0. The lowest BCUT2D eigenvalue weighted by Gasteiger charge is -2.56. The molecule has 1 atom stereocenters. The summed E-state index contributed by atoms with van der Waals surface area (Å²) in [4.78, 5) is 7.47. The van der Waals surface area contributed by atoms with E-state index in [4.69, 9.17) is 9.73 Å². The molecule has 0 amide bonds. The molecule has 5 aliphatic rings. The van der Waals surface area contributed by atoms with Crippen molar-refractivity contribution in [3.63, 3.8) is 0 Å². The zero-order valence-electron chi connectivity index (χ0n) is 16.0. The summed E-state index contributed by atoms with van der Waals surface area (Å²) in [6.07, 6.45) is 10.1. The highest BCUT2D eigenvalue weighted by Crippen LogP contribution is 2.60. The van der Waals surface area contributed by atoms with Crippen LogP contribution in [0.15, 0.2) is 4.99 Å². The Labute approximate surface area is 170 Å². The van der Waals surface area contributed by atoms with Gasteiger partial charge in [0.2, 0.25) is 0 Å². The van der Waals surface area contributed by atoms with Crippen molar-refractivity contribution < 1.29 is 4.74 Å². The zero-order valence-corrected chi connectivity index (χ0v) is 18.3. The summed E-state index contributed by atoms with van der Waals surface area (Å²) in [5.74, 6) is 4.82. The molecule has 0 radical (unpaired) electrons. The second-order valence-electron chi connectivity index (χ2n) is 9.20. The van der Waals surface area contributed by atoms with Crippen molar-refractivity contribution in [3.8, 4) is 0 Å². The fraction of sp³-hybridized carbons (Fsp3) is 0.950. The van der Waals surface area contributed by atoms with Gasteiger partial charge in [0.05, 0.1) is 6.61 Å². The molecule has 1 N–H and O–H groups in total. The number of rotatable bonds is 5. The van der Waals surface area contributed by atoms with Crippen LogP contribution in [0, 0.1) is 29.1 Å². The first-order valence-electron chi connectivity index (χ1n) is 10.2. The van der Waals surface area contributed by atoms with E-state index < -0.39 is 0 Å². The van der Waals surface area contributed by atoms with Crippen LogP contribution in [-0.4, -0.2) is 50.8 Å². The largest absolute Gasteiger partial charge is 0.381 e. The highest BCUT2D eigenvalue weighted by molar-refractivity contribution is 14.0. The Hall–Kier alpha value is -0.0400. The normalized spacial score (nSPS) is 39.4. The third-order valence-electron chi connectivity index (χ3n) is 6.98. The Balaban J connectivity index is 0.00000182. The van der Waals surface area contributed by atoms with E-state index in [1.807, 2.05) is 0 Å². The maximum atomic E-state index is 5.54. The third-order valence-corrected chi connectivity index (χ3v) is 6.98. The van der Waals surface area contributed by atoms with Crippen molar-refractivity contribution in [2.24, 2.45) is 34.1 Å². The molecule has 5 heteroatoms. The number of guanidine groups is 1. The molecule has 4 nitrogen and oxygen atoms in total. The topological polar surface area (TPSA) is 36.9 Å². The maximum absolute atomic E-state index is 5.54. The van der Waals surface area contributed by atoms with E-state index in [9.17, 15) is 0 Å². The monoisotopic (exact) mass is 461 g/mol. The fourth-order valence-electron chi connectivity index (χ4n) is 6.40. The number of nitrogens with zero attached hydrogens (tertiary/aromatic N) is 2. The van der Waals surface area contributed by atoms with Gasteiger partial charge in [-0.15, -0.1) is 24.0 Å². The lowest BCUT2D eigenvalue weighted by Crippen LogP contribution is -2.48. The smallest absolute Gasteiger partial charge is 0.193 e. The van der Waals surface area contributed by atoms with E-state index in [2.05, 4.69) is 24.2 Å². The molecule has 4 bridgehead atoms.